The lowest BCUT2D eigenvalue weighted by molar-refractivity contribution is 0.0951. The van der Waals surface area contributed by atoms with Crippen LogP contribution in [0.25, 0.3) is 0 Å². The Morgan fingerprint density at radius 3 is 2.58 bits per heavy atom. The van der Waals surface area contributed by atoms with Crippen LogP contribution in [0.3, 0.4) is 0 Å². The third kappa shape index (κ3) is 4.42. The van der Waals surface area contributed by atoms with Crippen LogP contribution in [0.5, 0.6) is 11.5 Å². The summed E-state index contributed by atoms with van der Waals surface area (Å²) < 4.78 is 10.7. The number of carbonyl (C=O) groups excluding carboxylic acids is 1. The van der Waals surface area contributed by atoms with Gasteiger partial charge in [0.1, 0.15) is 0 Å². The van der Waals surface area contributed by atoms with Crippen molar-refractivity contribution in [3.63, 3.8) is 0 Å². The van der Waals surface area contributed by atoms with E-state index >= 15 is 0 Å². The number of nitrogens with one attached hydrogen (secondary N) is 1. The second kappa shape index (κ2) is 8.60. The second-order valence-electron chi connectivity index (χ2n) is 5.44. The van der Waals surface area contributed by atoms with Crippen molar-refractivity contribution >= 4 is 17.5 Å². The SMILES string of the molecule is CCOc1c(Cl)cc(C(=O)NCC(C)c2ccccc2)cc1OC. The monoisotopic (exact) mass is 347 g/mol. The molecule has 128 valence electrons. The number of hydrogen-bond acceptors (Lipinski definition) is 3. The summed E-state index contributed by atoms with van der Waals surface area (Å²) in [5, 5.41) is 3.29. The van der Waals surface area contributed by atoms with Gasteiger partial charge in [-0.15, -0.1) is 0 Å². The Labute approximate surface area is 147 Å². The maximum absolute atomic E-state index is 12.4. The van der Waals surface area contributed by atoms with E-state index < -0.39 is 0 Å². The normalized spacial score (nSPS) is 11.7. The molecule has 0 aliphatic carbocycles. The smallest absolute Gasteiger partial charge is 0.251 e. The molecule has 0 aliphatic rings. The molecular formula is C19H22ClNO3. The van der Waals surface area contributed by atoms with Gasteiger partial charge in [-0.3, -0.25) is 4.79 Å². The standard InChI is InChI=1S/C19H22ClNO3/c1-4-24-18-16(20)10-15(11-17(18)23-3)19(22)21-12-13(2)14-8-6-5-7-9-14/h5-11,13H,4,12H2,1-3H3,(H,21,22). The van der Waals surface area contributed by atoms with Gasteiger partial charge in [-0.2, -0.15) is 0 Å². The molecule has 0 aliphatic heterocycles. The number of halogens is 1. The van der Waals surface area contributed by atoms with Gasteiger partial charge < -0.3 is 14.8 Å². The molecule has 2 rings (SSSR count). The Hall–Kier alpha value is -2.20. The fourth-order valence-corrected chi connectivity index (χ4v) is 2.65. The summed E-state index contributed by atoms with van der Waals surface area (Å²) in [5.41, 5.74) is 1.63. The van der Waals surface area contributed by atoms with Crippen molar-refractivity contribution in [3.8, 4) is 11.5 Å². The van der Waals surface area contributed by atoms with Crippen molar-refractivity contribution in [2.75, 3.05) is 20.3 Å². The molecule has 1 unspecified atom stereocenters. The Morgan fingerprint density at radius 2 is 1.96 bits per heavy atom. The van der Waals surface area contributed by atoms with E-state index in [-0.39, 0.29) is 11.8 Å². The summed E-state index contributed by atoms with van der Waals surface area (Å²) in [6.45, 7) is 4.94. The highest BCUT2D eigenvalue weighted by Gasteiger charge is 2.16. The van der Waals surface area contributed by atoms with Crippen molar-refractivity contribution in [2.24, 2.45) is 0 Å². The zero-order valence-electron chi connectivity index (χ0n) is 14.1. The molecule has 0 saturated heterocycles. The van der Waals surface area contributed by atoms with Crippen LogP contribution in [0.15, 0.2) is 42.5 Å². The first-order chi connectivity index (χ1) is 11.6. The highest BCUT2D eigenvalue weighted by atomic mass is 35.5. The maximum Gasteiger partial charge on any atom is 0.251 e. The van der Waals surface area contributed by atoms with Gasteiger partial charge in [0.05, 0.1) is 18.7 Å². The van der Waals surface area contributed by atoms with E-state index in [0.29, 0.717) is 35.2 Å². The Balaban J connectivity index is 2.08. The van der Waals surface area contributed by atoms with E-state index in [1.54, 1.807) is 12.1 Å². The molecule has 0 radical (unpaired) electrons. The van der Waals surface area contributed by atoms with Crippen molar-refractivity contribution in [3.05, 3.63) is 58.6 Å². The van der Waals surface area contributed by atoms with Crippen LogP contribution < -0.4 is 14.8 Å². The maximum atomic E-state index is 12.4. The predicted molar refractivity (Wildman–Crippen MR) is 96.4 cm³/mol. The molecule has 2 aromatic carbocycles. The summed E-state index contributed by atoms with van der Waals surface area (Å²) in [7, 11) is 1.52. The van der Waals surface area contributed by atoms with E-state index in [4.69, 9.17) is 21.1 Å². The molecule has 0 spiro atoms. The Bertz CT molecular complexity index is 689. The number of carbonyl (C=O) groups is 1. The first-order valence-corrected chi connectivity index (χ1v) is 8.28. The van der Waals surface area contributed by atoms with E-state index in [1.165, 1.54) is 12.7 Å². The predicted octanol–water partition coefficient (Wildman–Crippen LogP) is 4.28. The molecule has 0 fully saturated rings. The molecule has 4 nitrogen and oxygen atoms in total. The largest absolute Gasteiger partial charge is 0.493 e. The van der Waals surface area contributed by atoms with Crippen LogP contribution in [0.4, 0.5) is 0 Å². The van der Waals surface area contributed by atoms with Crippen LogP contribution in [0.2, 0.25) is 5.02 Å². The minimum Gasteiger partial charge on any atom is -0.493 e. The summed E-state index contributed by atoms with van der Waals surface area (Å²) in [6.07, 6.45) is 0. The van der Waals surface area contributed by atoms with Crippen LogP contribution in [-0.2, 0) is 0 Å². The third-order valence-corrected chi connectivity index (χ3v) is 4.00. The van der Waals surface area contributed by atoms with Gasteiger partial charge in [-0.1, -0.05) is 48.9 Å². The van der Waals surface area contributed by atoms with Gasteiger partial charge in [0.15, 0.2) is 11.5 Å². The number of amides is 1. The van der Waals surface area contributed by atoms with Gasteiger partial charge >= 0.3 is 0 Å². The average Bonchev–Trinajstić information content (AvgIpc) is 2.61. The van der Waals surface area contributed by atoms with Crippen molar-refractivity contribution in [1.29, 1.82) is 0 Å². The van der Waals surface area contributed by atoms with Gasteiger partial charge in [0.25, 0.3) is 5.91 Å². The summed E-state index contributed by atoms with van der Waals surface area (Å²) >= 11 is 6.21. The van der Waals surface area contributed by atoms with Gasteiger partial charge in [-0.25, -0.2) is 0 Å². The molecule has 0 aromatic heterocycles. The summed E-state index contributed by atoms with van der Waals surface area (Å²) in [4.78, 5) is 12.4. The topological polar surface area (TPSA) is 47.6 Å². The molecule has 1 amide bonds. The lowest BCUT2D eigenvalue weighted by atomic mass is 10.0. The zero-order chi connectivity index (χ0) is 17.5. The summed E-state index contributed by atoms with van der Waals surface area (Å²) in [5.74, 6) is 0.928. The Morgan fingerprint density at radius 1 is 1.25 bits per heavy atom. The number of ether oxygens (including phenoxy) is 2. The van der Waals surface area contributed by atoms with E-state index in [9.17, 15) is 4.79 Å². The second-order valence-corrected chi connectivity index (χ2v) is 5.85. The molecule has 2 aromatic rings. The average molecular weight is 348 g/mol. The van der Waals surface area contributed by atoms with Gasteiger partial charge in [0.2, 0.25) is 0 Å². The minimum atomic E-state index is -0.193. The molecular weight excluding hydrogens is 326 g/mol. The molecule has 0 heterocycles. The molecule has 24 heavy (non-hydrogen) atoms. The van der Waals surface area contributed by atoms with Crippen molar-refractivity contribution < 1.29 is 14.3 Å². The van der Waals surface area contributed by atoms with Crippen LogP contribution in [0, 0.1) is 0 Å². The third-order valence-electron chi connectivity index (χ3n) is 3.72. The number of methoxy groups -OCH3 is 1. The quantitative estimate of drug-likeness (QED) is 0.813. The molecule has 0 saturated carbocycles. The van der Waals surface area contributed by atoms with Crippen molar-refractivity contribution in [2.45, 2.75) is 19.8 Å². The molecule has 0 bridgehead atoms. The first-order valence-electron chi connectivity index (χ1n) is 7.90. The molecule has 1 atom stereocenters. The van der Waals surface area contributed by atoms with Crippen LogP contribution >= 0.6 is 11.6 Å². The highest BCUT2D eigenvalue weighted by molar-refractivity contribution is 6.32. The highest BCUT2D eigenvalue weighted by Crippen LogP contribution is 2.36. The zero-order valence-corrected chi connectivity index (χ0v) is 14.9. The van der Waals surface area contributed by atoms with Crippen LogP contribution in [0.1, 0.15) is 35.7 Å². The lowest BCUT2D eigenvalue weighted by Gasteiger charge is -2.15. The van der Waals surface area contributed by atoms with E-state index in [2.05, 4.69) is 12.2 Å². The number of hydrogen-bond donors (Lipinski definition) is 1. The Kier molecular flexibility index (Phi) is 6.50. The fraction of sp³-hybridized carbons (Fsp3) is 0.316. The molecule has 1 N–H and O–H groups in total. The first kappa shape index (κ1) is 18.1. The lowest BCUT2D eigenvalue weighted by Crippen LogP contribution is -2.27. The van der Waals surface area contributed by atoms with E-state index in [0.717, 1.165) is 0 Å². The van der Waals surface area contributed by atoms with E-state index in [1.807, 2.05) is 37.3 Å². The molecule has 5 heteroatoms. The van der Waals surface area contributed by atoms with Gasteiger partial charge in [0, 0.05) is 12.1 Å². The minimum absolute atomic E-state index is 0.193. The fourth-order valence-electron chi connectivity index (χ4n) is 2.38. The summed E-state index contributed by atoms with van der Waals surface area (Å²) in [6, 6.07) is 13.3. The van der Waals surface area contributed by atoms with Crippen molar-refractivity contribution in [1.82, 2.24) is 5.32 Å². The van der Waals surface area contributed by atoms with Crippen LogP contribution in [-0.4, -0.2) is 26.2 Å². The number of rotatable bonds is 7. The van der Waals surface area contributed by atoms with Gasteiger partial charge in [-0.05, 0) is 30.5 Å². The number of benzene rings is 2.